The Labute approximate surface area is 322 Å². The van der Waals surface area contributed by atoms with Gasteiger partial charge in [0.25, 0.3) is 0 Å². The Kier molecular flexibility index (Phi) is 8.81. The van der Waals surface area contributed by atoms with Crippen LogP contribution >= 0.6 is 0 Å². The van der Waals surface area contributed by atoms with Gasteiger partial charge in [0.15, 0.2) is 34.9 Å². The number of aromatic nitrogens is 6. The van der Waals surface area contributed by atoms with Gasteiger partial charge in [0.2, 0.25) is 0 Å². The van der Waals surface area contributed by atoms with Gasteiger partial charge >= 0.3 is 0 Å². The van der Waals surface area contributed by atoms with E-state index in [-0.39, 0.29) is 5.82 Å². The van der Waals surface area contributed by atoms with Crippen molar-refractivity contribution in [3.63, 3.8) is 0 Å². The zero-order valence-electron chi connectivity index (χ0n) is 29.7. The van der Waals surface area contributed by atoms with Crippen molar-refractivity contribution >= 4 is 10.8 Å². The molecule has 0 aliphatic carbocycles. The van der Waals surface area contributed by atoms with Crippen LogP contribution in [0.4, 0.5) is 0 Å². The first kappa shape index (κ1) is 33.6. The molecule has 0 saturated carbocycles. The number of hydrogen-bond acceptors (Lipinski definition) is 8. The molecule has 0 radical (unpaired) electrons. The Balaban J connectivity index is 1.27. The van der Waals surface area contributed by atoms with Crippen molar-refractivity contribution in [1.29, 1.82) is 10.5 Å². The summed E-state index contributed by atoms with van der Waals surface area (Å²) in [5.74, 6) is 2.79. The van der Waals surface area contributed by atoms with Crippen LogP contribution in [0.5, 0.6) is 0 Å². The van der Waals surface area contributed by atoms with E-state index in [1.807, 2.05) is 170 Å². The summed E-state index contributed by atoms with van der Waals surface area (Å²) in [7, 11) is 0. The molecule has 0 amide bonds. The average molecular weight is 717 g/mol. The van der Waals surface area contributed by atoms with Gasteiger partial charge in [-0.05, 0) is 5.56 Å². The molecule has 9 aromatic rings. The van der Waals surface area contributed by atoms with Crippen LogP contribution < -0.4 is 0 Å². The molecule has 0 atom stereocenters. The Morgan fingerprint density at radius 2 is 0.536 bits per heavy atom. The third-order valence-electron chi connectivity index (χ3n) is 9.49. The van der Waals surface area contributed by atoms with Gasteiger partial charge in [-0.25, -0.2) is 29.9 Å². The van der Waals surface area contributed by atoms with Crippen molar-refractivity contribution in [2.75, 3.05) is 0 Å². The molecular formula is C48H28N8. The van der Waals surface area contributed by atoms with Crippen LogP contribution in [-0.4, -0.2) is 29.9 Å². The monoisotopic (exact) mass is 716 g/mol. The fourth-order valence-corrected chi connectivity index (χ4v) is 6.83. The summed E-state index contributed by atoms with van der Waals surface area (Å²) in [5, 5.41) is 23.1. The molecule has 8 heteroatoms. The van der Waals surface area contributed by atoms with Crippen molar-refractivity contribution in [3.8, 4) is 91.6 Å². The highest BCUT2D eigenvalue weighted by Crippen LogP contribution is 2.42. The van der Waals surface area contributed by atoms with Gasteiger partial charge in [0.1, 0.15) is 12.1 Å². The first-order chi connectivity index (χ1) is 27.7. The van der Waals surface area contributed by atoms with E-state index in [2.05, 4.69) is 12.1 Å². The maximum atomic E-state index is 10.9. The van der Waals surface area contributed by atoms with E-state index in [4.69, 9.17) is 29.9 Å². The van der Waals surface area contributed by atoms with Gasteiger partial charge in [-0.1, -0.05) is 170 Å². The molecule has 0 aliphatic heterocycles. The van der Waals surface area contributed by atoms with Crippen LogP contribution in [-0.2, 0) is 0 Å². The van der Waals surface area contributed by atoms with Crippen molar-refractivity contribution < 1.29 is 0 Å². The lowest BCUT2D eigenvalue weighted by molar-refractivity contribution is 1.07. The second-order valence-electron chi connectivity index (χ2n) is 12.9. The van der Waals surface area contributed by atoms with Gasteiger partial charge < -0.3 is 0 Å². The summed E-state index contributed by atoms with van der Waals surface area (Å²) in [6, 6.07) is 59.1. The van der Waals surface area contributed by atoms with Crippen molar-refractivity contribution in [3.05, 3.63) is 181 Å². The predicted molar refractivity (Wildman–Crippen MR) is 218 cm³/mol. The Bertz CT molecular complexity index is 2840. The minimum absolute atomic E-state index is 0.285. The summed E-state index contributed by atoms with van der Waals surface area (Å²) >= 11 is 0. The summed E-state index contributed by atoms with van der Waals surface area (Å²) in [6.45, 7) is 0. The molecule has 0 fully saturated rings. The Hall–Kier alpha value is -8.20. The third kappa shape index (κ3) is 6.30. The molecular weight excluding hydrogens is 689 g/mol. The fourth-order valence-electron chi connectivity index (χ4n) is 6.83. The number of fused-ring (bicyclic) bond motifs is 1. The first-order valence-corrected chi connectivity index (χ1v) is 17.9. The summed E-state index contributed by atoms with van der Waals surface area (Å²) in [6.07, 6.45) is 0. The van der Waals surface area contributed by atoms with Crippen LogP contribution in [0.2, 0.25) is 0 Å². The van der Waals surface area contributed by atoms with Crippen LogP contribution in [0.25, 0.3) is 90.2 Å². The lowest BCUT2D eigenvalue weighted by Gasteiger charge is -2.18. The molecule has 2 aromatic heterocycles. The minimum Gasteiger partial charge on any atom is -0.208 e. The zero-order valence-corrected chi connectivity index (χ0v) is 29.7. The molecule has 0 N–H and O–H groups in total. The Morgan fingerprint density at radius 3 is 0.875 bits per heavy atom. The summed E-state index contributed by atoms with van der Waals surface area (Å²) in [4.78, 5) is 29.5. The van der Waals surface area contributed by atoms with Gasteiger partial charge in [0, 0.05) is 49.7 Å². The molecule has 0 spiro atoms. The van der Waals surface area contributed by atoms with E-state index < -0.39 is 0 Å². The molecule has 260 valence electrons. The second-order valence-corrected chi connectivity index (χ2v) is 12.9. The van der Waals surface area contributed by atoms with E-state index in [1.54, 1.807) is 0 Å². The topological polar surface area (TPSA) is 125 Å². The van der Waals surface area contributed by atoms with E-state index in [0.717, 1.165) is 27.8 Å². The van der Waals surface area contributed by atoms with E-state index >= 15 is 0 Å². The number of nitrogens with zero attached hydrogens (tertiary/aromatic N) is 8. The first-order valence-electron chi connectivity index (χ1n) is 17.9. The molecule has 0 bridgehead atoms. The number of nitriles is 2. The zero-order chi connectivity index (χ0) is 37.8. The molecule has 8 nitrogen and oxygen atoms in total. The second kappa shape index (κ2) is 14.7. The molecule has 56 heavy (non-hydrogen) atoms. The van der Waals surface area contributed by atoms with Gasteiger partial charge in [-0.3, -0.25) is 0 Å². The minimum atomic E-state index is 0.285. The van der Waals surface area contributed by atoms with Gasteiger partial charge in [-0.2, -0.15) is 10.5 Å². The maximum Gasteiger partial charge on any atom is 0.166 e. The van der Waals surface area contributed by atoms with Crippen molar-refractivity contribution in [2.45, 2.75) is 0 Å². The van der Waals surface area contributed by atoms with Gasteiger partial charge in [0.05, 0.1) is 11.1 Å². The number of rotatable bonds is 7. The highest BCUT2D eigenvalue weighted by Gasteiger charge is 2.25. The SMILES string of the molecule is N#Cc1c(-c2ccc(-c3nc(-c4ccccc4)nc(-c4ccccc4)n3)cc2)c(-c2nc(-c3ccccc3)nc(-c3ccccc3)n2)c(C#N)c2ccccc12. The highest BCUT2D eigenvalue weighted by atomic mass is 15.0. The fraction of sp³-hybridized carbons (Fsp3) is 0. The number of benzene rings is 7. The summed E-state index contributed by atoms with van der Waals surface area (Å²) < 4.78 is 0. The lowest BCUT2D eigenvalue weighted by Crippen LogP contribution is -2.04. The molecule has 0 unspecified atom stereocenters. The highest BCUT2D eigenvalue weighted by molar-refractivity contribution is 6.06. The van der Waals surface area contributed by atoms with E-state index in [0.29, 0.717) is 67.7 Å². The van der Waals surface area contributed by atoms with Crippen molar-refractivity contribution in [1.82, 2.24) is 29.9 Å². The smallest absolute Gasteiger partial charge is 0.166 e. The van der Waals surface area contributed by atoms with Crippen LogP contribution in [0.1, 0.15) is 11.1 Å². The third-order valence-corrected chi connectivity index (χ3v) is 9.49. The molecule has 2 heterocycles. The van der Waals surface area contributed by atoms with Crippen LogP contribution in [0, 0.1) is 22.7 Å². The number of hydrogen-bond donors (Lipinski definition) is 0. The molecule has 7 aromatic carbocycles. The molecule has 9 rings (SSSR count). The standard InChI is InChI=1S/C48H28N8/c49-29-39-37-23-13-14-24-38(37)40(30-50)42(48-55-45(34-19-9-3-10-20-34)54-46(56-48)35-21-11-4-12-22-35)41(39)31-25-27-36(28-26-31)47-52-43(32-15-5-1-6-16-32)51-44(53-47)33-17-7-2-8-18-33/h1-28H. The predicted octanol–water partition coefficient (Wildman–Crippen LogP) is 10.6. The summed E-state index contributed by atoms with van der Waals surface area (Å²) in [5.41, 5.74) is 6.54. The van der Waals surface area contributed by atoms with E-state index in [1.165, 1.54) is 0 Å². The quantitative estimate of drug-likeness (QED) is 0.160. The molecule has 0 saturated heterocycles. The Morgan fingerprint density at radius 1 is 0.268 bits per heavy atom. The van der Waals surface area contributed by atoms with Gasteiger partial charge in [-0.15, -0.1) is 0 Å². The largest absolute Gasteiger partial charge is 0.208 e. The maximum absolute atomic E-state index is 10.9. The lowest BCUT2D eigenvalue weighted by atomic mass is 9.85. The van der Waals surface area contributed by atoms with E-state index in [9.17, 15) is 10.5 Å². The van der Waals surface area contributed by atoms with Crippen LogP contribution in [0.3, 0.4) is 0 Å². The average Bonchev–Trinajstić information content (AvgIpc) is 3.29. The normalized spacial score (nSPS) is 10.8. The van der Waals surface area contributed by atoms with Crippen molar-refractivity contribution in [2.24, 2.45) is 0 Å². The molecule has 0 aliphatic rings. The van der Waals surface area contributed by atoms with Crippen LogP contribution in [0.15, 0.2) is 170 Å².